The standard InChI is InChI=1S/C12H23ClN2/c13-6-4-7-14-10-5-12(11-14)15-8-2-1-3-9-15/h12H,1-11H2. The number of hydrogen-bond acceptors (Lipinski definition) is 2. The van der Waals surface area contributed by atoms with E-state index in [1.54, 1.807) is 0 Å². The highest BCUT2D eigenvalue weighted by molar-refractivity contribution is 6.17. The van der Waals surface area contributed by atoms with Gasteiger partial charge in [-0.25, -0.2) is 0 Å². The zero-order valence-corrected chi connectivity index (χ0v) is 10.4. The highest BCUT2D eigenvalue weighted by atomic mass is 35.5. The molecule has 2 nitrogen and oxygen atoms in total. The van der Waals surface area contributed by atoms with Gasteiger partial charge in [-0.05, 0) is 51.9 Å². The zero-order valence-electron chi connectivity index (χ0n) is 9.63. The molecule has 0 amide bonds. The van der Waals surface area contributed by atoms with Gasteiger partial charge in [0.25, 0.3) is 0 Å². The van der Waals surface area contributed by atoms with Crippen LogP contribution in [0.25, 0.3) is 0 Å². The summed E-state index contributed by atoms with van der Waals surface area (Å²) >= 11 is 5.73. The van der Waals surface area contributed by atoms with Crippen LogP contribution >= 0.6 is 11.6 Å². The van der Waals surface area contributed by atoms with E-state index in [2.05, 4.69) is 9.80 Å². The lowest BCUT2D eigenvalue weighted by atomic mass is 10.1. The van der Waals surface area contributed by atoms with E-state index >= 15 is 0 Å². The van der Waals surface area contributed by atoms with Gasteiger partial charge in [0.1, 0.15) is 0 Å². The van der Waals surface area contributed by atoms with Crippen LogP contribution in [0.3, 0.4) is 0 Å². The average molecular weight is 231 g/mol. The van der Waals surface area contributed by atoms with Crippen molar-refractivity contribution in [2.45, 2.75) is 38.1 Å². The number of piperidine rings is 1. The Hall–Kier alpha value is 0.210. The van der Waals surface area contributed by atoms with Crippen LogP contribution in [0, 0.1) is 0 Å². The molecule has 0 bridgehead atoms. The molecule has 3 heteroatoms. The summed E-state index contributed by atoms with van der Waals surface area (Å²) in [5, 5.41) is 0. The average Bonchev–Trinajstić information content (AvgIpc) is 2.76. The molecule has 2 saturated heterocycles. The fourth-order valence-corrected chi connectivity index (χ4v) is 3.00. The molecule has 0 aromatic rings. The maximum Gasteiger partial charge on any atom is 0.0235 e. The summed E-state index contributed by atoms with van der Waals surface area (Å²) < 4.78 is 0. The Morgan fingerprint density at radius 2 is 1.87 bits per heavy atom. The molecule has 2 rings (SSSR count). The van der Waals surface area contributed by atoms with Crippen LogP contribution in [0.5, 0.6) is 0 Å². The van der Waals surface area contributed by atoms with E-state index < -0.39 is 0 Å². The van der Waals surface area contributed by atoms with Gasteiger partial charge in [0.15, 0.2) is 0 Å². The molecule has 88 valence electrons. The molecule has 15 heavy (non-hydrogen) atoms. The molecular formula is C12H23ClN2. The van der Waals surface area contributed by atoms with Gasteiger partial charge in [0, 0.05) is 18.5 Å². The number of hydrogen-bond donors (Lipinski definition) is 0. The molecule has 0 saturated carbocycles. The van der Waals surface area contributed by atoms with Crippen molar-refractivity contribution in [2.75, 3.05) is 38.6 Å². The summed E-state index contributed by atoms with van der Waals surface area (Å²) in [6, 6.07) is 0.848. The lowest BCUT2D eigenvalue weighted by molar-refractivity contribution is 0.162. The minimum atomic E-state index is 0.810. The van der Waals surface area contributed by atoms with Crippen LogP contribution in [0.1, 0.15) is 32.1 Å². The molecule has 0 aromatic carbocycles. The first kappa shape index (κ1) is 11.7. The van der Waals surface area contributed by atoms with Gasteiger partial charge in [-0.2, -0.15) is 0 Å². The Morgan fingerprint density at radius 1 is 1.07 bits per heavy atom. The summed E-state index contributed by atoms with van der Waals surface area (Å²) in [5.41, 5.74) is 0. The molecule has 2 aliphatic rings. The molecule has 0 spiro atoms. The van der Waals surface area contributed by atoms with Crippen molar-refractivity contribution in [1.82, 2.24) is 9.80 Å². The predicted octanol–water partition coefficient (Wildman–Crippen LogP) is 2.18. The van der Waals surface area contributed by atoms with Crippen molar-refractivity contribution in [3.8, 4) is 0 Å². The normalized spacial score (nSPS) is 29.8. The second-order valence-corrected chi connectivity index (χ2v) is 5.26. The van der Waals surface area contributed by atoms with Gasteiger partial charge in [0.2, 0.25) is 0 Å². The van der Waals surface area contributed by atoms with Crippen molar-refractivity contribution >= 4 is 11.6 Å². The van der Waals surface area contributed by atoms with Crippen molar-refractivity contribution in [3.05, 3.63) is 0 Å². The third-order valence-corrected chi connectivity index (χ3v) is 4.03. The third-order valence-electron chi connectivity index (χ3n) is 3.76. The van der Waals surface area contributed by atoms with E-state index in [4.69, 9.17) is 11.6 Å². The maximum absolute atomic E-state index is 5.73. The minimum absolute atomic E-state index is 0.810. The van der Waals surface area contributed by atoms with Crippen LogP contribution in [-0.4, -0.2) is 54.4 Å². The highest BCUT2D eigenvalue weighted by Gasteiger charge is 2.27. The van der Waals surface area contributed by atoms with Gasteiger partial charge in [0.05, 0.1) is 0 Å². The van der Waals surface area contributed by atoms with E-state index in [1.807, 2.05) is 0 Å². The number of rotatable bonds is 4. The third kappa shape index (κ3) is 3.33. The molecular weight excluding hydrogens is 208 g/mol. The fourth-order valence-electron chi connectivity index (χ4n) is 2.88. The van der Waals surface area contributed by atoms with E-state index in [1.165, 1.54) is 58.4 Å². The predicted molar refractivity (Wildman–Crippen MR) is 65.6 cm³/mol. The summed E-state index contributed by atoms with van der Waals surface area (Å²) in [7, 11) is 0. The molecule has 0 radical (unpaired) electrons. The maximum atomic E-state index is 5.73. The Balaban J connectivity index is 1.71. The molecule has 2 aliphatic heterocycles. The van der Waals surface area contributed by atoms with E-state index in [0.717, 1.165) is 18.3 Å². The molecule has 0 aromatic heterocycles. The molecule has 1 unspecified atom stereocenters. The lowest BCUT2D eigenvalue weighted by Gasteiger charge is -2.32. The topological polar surface area (TPSA) is 6.48 Å². The Morgan fingerprint density at radius 3 is 2.60 bits per heavy atom. The van der Waals surface area contributed by atoms with Gasteiger partial charge < -0.3 is 4.90 Å². The second kappa shape index (κ2) is 6.07. The SMILES string of the molecule is ClCCCN1CCC(N2CCCCC2)C1. The van der Waals surface area contributed by atoms with Crippen LogP contribution in [0.15, 0.2) is 0 Å². The molecule has 1 atom stereocenters. The smallest absolute Gasteiger partial charge is 0.0235 e. The summed E-state index contributed by atoms with van der Waals surface area (Å²) in [4.78, 5) is 5.30. The van der Waals surface area contributed by atoms with Crippen LogP contribution in [-0.2, 0) is 0 Å². The van der Waals surface area contributed by atoms with Crippen molar-refractivity contribution < 1.29 is 0 Å². The Labute approximate surface area is 98.6 Å². The lowest BCUT2D eigenvalue weighted by Crippen LogP contribution is -2.40. The number of nitrogens with zero attached hydrogens (tertiary/aromatic N) is 2. The largest absolute Gasteiger partial charge is 0.302 e. The summed E-state index contributed by atoms with van der Waals surface area (Å²) in [6.45, 7) is 6.46. The molecule has 2 fully saturated rings. The highest BCUT2D eigenvalue weighted by Crippen LogP contribution is 2.20. The van der Waals surface area contributed by atoms with Crippen LogP contribution < -0.4 is 0 Å². The second-order valence-electron chi connectivity index (χ2n) is 4.88. The van der Waals surface area contributed by atoms with Crippen molar-refractivity contribution in [1.29, 1.82) is 0 Å². The number of halogens is 1. The van der Waals surface area contributed by atoms with Crippen LogP contribution in [0.4, 0.5) is 0 Å². The fraction of sp³-hybridized carbons (Fsp3) is 1.00. The summed E-state index contributed by atoms with van der Waals surface area (Å²) in [6.07, 6.45) is 6.80. The van der Waals surface area contributed by atoms with E-state index in [9.17, 15) is 0 Å². The van der Waals surface area contributed by atoms with Crippen LogP contribution in [0.2, 0.25) is 0 Å². The number of alkyl halides is 1. The molecule has 0 aliphatic carbocycles. The van der Waals surface area contributed by atoms with Gasteiger partial charge in [-0.1, -0.05) is 6.42 Å². The Kier molecular flexibility index (Phi) is 4.73. The van der Waals surface area contributed by atoms with Crippen molar-refractivity contribution in [3.63, 3.8) is 0 Å². The Bertz CT molecular complexity index is 180. The minimum Gasteiger partial charge on any atom is -0.302 e. The number of likely N-dealkylation sites (tertiary alicyclic amines) is 2. The van der Waals surface area contributed by atoms with Crippen molar-refractivity contribution in [2.24, 2.45) is 0 Å². The van der Waals surface area contributed by atoms with Gasteiger partial charge in [-0.15, -0.1) is 11.6 Å². The first-order valence-corrected chi connectivity index (χ1v) is 6.96. The summed E-state index contributed by atoms with van der Waals surface area (Å²) in [5.74, 6) is 0.810. The van der Waals surface area contributed by atoms with Gasteiger partial charge >= 0.3 is 0 Å². The molecule has 2 heterocycles. The zero-order chi connectivity index (χ0) is 10.5. The first-order chi connectivity index (χ1) is 7.40. The van der Waals surface area contributed by atoms with E-state index in [-0.39, 0.29) is 0 Å². The monoisotopic (exact) mass is 230 g/mol. The first-order valence-electron chi connectivity index (χ1n) is 6.42. The quantitative estimate of drug-likeness (QED) is 0.684. The molecule has 0 N–H and O–H groups in total. The van der Waals surface area contributed by atoms with E-state index in [0.29, 0.717) is 0 Å². The van der Waals surface area contributed by atoms with Gasteiger partial charge in [-0.3, -0.25) is 4.90 Å².